The minimum Gasteiger partial charge on any atom is -0.448 e. The lowest BCUT2D eigenvalue weighted by Gasteiger charge is -1.82. The maximum absolute atomic E-state index is 10.3. The predicted molar refractivity (Wildman–Crippen MR) is 31.1 cm³/mol. The lowest BCUT2D eigenvalue weighted by Crippen LogP contribution is -1.97. The van der Waals surface area contributed by atoms with Gasteiger partial charge in [-0.3, -0.25) is 4.55 Å². The van der Waals surface area contributed by atoms with E-state index < -0.39 is 15.1 Å². The SMILES string of the molecule is Cc1nc(S(=O)(=O)O)co1. The van der Waals surface area contributed by atoms with Crippen LogP contribution in [-0.2, 0) is 10.1 Å². The van der Waals surface area contributed by atoms with Crippen LogP contribution < -0.4 is 0 Å². The summed E-state index contributed by atoms with van der Waals surface area (Å²) in [6.07, 6.45) is 0.880. The van der Waals surface area contributed by atoms with E-state index in [9.17, 15) is 8.42 Å². The molecule has 0 aliphatic heterocycles. The summed E-state index contributed by atoms with van der Waals surface area (Å²) < 4.78 is 33.5. The molecule has 5 nitrogen and oxygen atoms in total. The maximum Gasteiger partial charge on any atom is 0.315 e. The van der Waals surface area contributed by atoms with Gasteiger partial charge in [-0.05, 0) is 0 Å². The Hall–Kier alpha value is -0.880. The Bertz CT molecular complexity index is 325. The normalized spacial score (nSPS) is 11.8. The first-order valence-corrected chi connectivity index (χ1v) is 3.84. The summed E-state index contributed by atoms with van der Waals surface area (Å²) in [5, 5.41) is -0.454. The zero-order valence-corrected chi connectivity index (χ0v) is 5.92. The smallest absolute Gasteiger partial charge is 0.315 e. The highest BCUT2D eigenvalue weighted by Crippen LogP contribution is 2.05. The van der Waals surface area contributed by atoms with Gasteiger partial charge in [-0.25, -0.2) is 0 Å². The van der Waals surface area contributed by atoms with Crippen LogP contribution in [0.5, 0.6) is 0 Å². The van der Waals surface area contributed by atoms with Gasteiger partial charge in [-0.1, -0.05) is 0 Å². The van der Waals surface area contributed by atoms with Crippen LogP contribution in [0.4, 0.5) is 0 Å². The van der Waals surface area contributed by atoms with Crippen LogP contribution >= 0.6 is 0 Å². The number of aromatic nitrogens is 1. The van der Waals surface area contributed by atoms with Crippen molar-refractivity contribution in [1.29, 1.82) is 0 Å². The van der Waals surface area contributed by atoms with Gasteiger partial charge in [0.1, 0.15) is 6.26 Å². The molecule has 6 heteroatoms. The highest BCUT2D eigenvalue weighted by molar-refractivity contribution is 7.85. The number of oxazole rings is 1. The maximum atomic E-state index is 10.3. The number of nitrogens with zero attached hydrogens (tertiary/aromatic N) is 1. The molecule has 0 saturated heterocycles. The quantitative estimate of drug-likeness (QED) is 0.599. The lowest BCUT2D eigenvalue weighted by molar-refractivity contribution is 0.477. The second-order valence-corrected chi connectivity index (χ2v) is 3.05. The molecule has 0 bridgehead atoms. The molecule has 1 aromatic rings. The van der Waals surface area contributed by atoms with Crippen molar-refractivity contribution in [3.8, 4) is 0 Å². The number of hydrogen-bond acceptors (Lipinski definition) is 4. The third kappa shape index (κ3) is 1.34. The Morgan fingerprint density at radius 1 is 1.70 bits per heavy atom. The summed E-state index contributed by atoms with van der Waals surface area (Å²) in [6.45, 7) is 1.48. The molecule has 0 spiro atoms. The summed E-state index contributed by atoms with van der Waals surface area (Å²) in [7, 11) is -4.19. The van der Waals surface area contributed by atoms with Crippen molar-refractivity contribution in [1.82, 2.24) is 4.98 Å². The van der Waals surface area contributed by atoms with Gasteiger partial charge in [0.05, 0.1) is 0 Å². The van der Waals surface area contributed by atoms with Crippen molar-refractivity contribution >= 4 is 10.1 Å². The van der Waals surface area contributed by atoms with E-state index in [-0.39, 0.29) is 5.89 Å². The van der Waals surface area contributed by atoms with E-state index in [0.717, 1.165) is 6.26 Å². The average Bonchev–Trinajstić information content (AvgIpc) is 2.11. The number of rotatable bonds is 1. The summed E-state index contributed by atoms with van der Waals surface area (Å²) in [5.41, 5.74) is 0. The minimum absolute atomic E-state index is 0.202. The van der Waals surface area contributed by atoms with E-state index in [2.05, 4.69) is 9.40 Å². The number of hydrogen-bond donors (Lipinski definition) is 1. The molecule has 0 aliphatic rings. The van der Waals surface area contributed by atoms with Crippen LogP contribution in [0.3, 0.4) is 0 Å². The Morgan fingerprint density at radius 2 is 2.30 bits per heavy atom. The van der Waals surface area contributed by atoms with Gasteiger partial charge in [-0.2, -0.15) is 13.4 Å². The fraction of sp³-hybridized carbons (Fsp3) is 0.250. The molecular formula is C4H5NO4S. The van der Waals surface area contributed by atoms with Gasteiger partial charge in [0.15, 0.2) is 5.89 Å². The topological polar surface area (TPSA) is 80.4 Å². The first-order valence-electron chi connectivity index (χ1n) is 2.40. The van der Waals surface area contributed by atoms with Crippen molar-refractivity contribution < 1.29 is 17.4 Å². The molecule has 0 aliphatic carbocycles. The van der Waals surface area contributed by atoms with Gasteiger partial charge in [-0.15, -0.1) is 0 Å². The summed E-state index contributed by atoms with van der Waals surface area (Å²) >= 11 is 0. The van der Waals surface area contributed by atoms with Gasteiger partial charge in [0, 0.05) is 6.92 Å². The van der Waals surface area contributed by atoms with Gasteiger partial charge >= 0.3 is 10.1 Å². The molecule has 0 saturated carbocycles. The second kappa shape index (κ2) is 2.06. The Kier molecular flexibility index (Phi) is 1.49. The highest BCUT2D eigenvalue weighted by Gasteiger charge is 2.13. The van der Waals surface area contributed by atoms with Gasteiger partial charge in [0.2, 0.25) is 5.03 Å². The first kappa shape index (κ1) is 7.23. The van der Waals surface area contributed by atoms with Crippen LogP contribution in [0.2, 0.25) is 0 Å². The van der Waals surface area contributed by atoms with Crippen LogP contribution in [0.1, 0.15) is 5.89 Å². The highest BCUT2D eigenvalue weighted by atomic mass is 32.2. The molecule has 1 aromatic heterocycles. The second-order valence-electron chi connectivity index (χ2n) is 1.68. The average molecular weight is 163 g/mol. The molecule has 1 rings (SSSR count). The molecule has 0 radical (unpaired) electrons. The summed E-state index contributed by atoms with van der Waals surface area (Å²) in [4.78, 5) is 3.38. The van der Waals surface area contributed by atoms with Crippen molar-refractivity contribution in [2.45, 2.75) is 11.9 Å². The Labute approximate surface area is 57.4 Å². The largest absolute Gasteiger partial charge is 0.448 e. The molecule has 0 aromatic carbocycles. The Balaban J connectivity index is 3.21. The minimum atomic E-state index is -4.19. The molecule has 10 heavy (non-hydrogen) atoms. The van der Waals surface area contributed by atoms with Crippen molar-refractivity contribution in [2.24, 2.45) is 0 Å². The van der Waals surface area contributed by atoms with E-state index in [0.29, 0.717) is 0 Å². The van der Waals surface area contributed by atoms with Gasteiger partial charge in [0.25, 0.3) is 0 Å². The van der Waals surface area contributed by atoms with Crippen molar-refractivity contribution in [3.63, 3.8) is 0 Å². The monoisotopic (exact) mass is 163 g/mol. The standard InChI is InChI=1S/C4H5NO4S/c1-3-5-4(2-9-3)10(6,7)8/h2H,1H3,(H,6,7,8). The van der Waals surface area contributed by atoms with Gasteiger partial charge < -0.3 is 4.42 Å². The van der Waals surface area contributed by atoms with Crippen LogP contribution in [0.15, 0.2) is 15.7 Å². The fourth-order valence-electron chi connectivity index (χ4n) is 0.462. The van der Waals surface area contributed by atoms with E-state index in [1.54, 1.807) is 0 Å². The van der Waals surface area contributed by atoms with Crippen LogP contribution in [0, 0.1) is 6.92 Å². The summed E-state index contributed by atoms with van der Waals surface area (Å²) in [6, 6.07) is 0. The van der Waals surface area contributed by atoms with E-state index in [1.165, 1.54) is 6.92 Å². The zero-order chi connectivity index (χ0) is 7.78. The predicted octanol–water partition coefficient (Wildman–Crippen LogP) is 0.230. The molecule has 1 N–H and O–H groups in total. The molecule has 0 atom stereocenters. The molecule has 0 amide bonds. The van der Waals surface area contributed by atoms with Crippen molar-refractivity contribution in [3.05, 3.63) is 12.2 Å². The van der Waals surface area contributed by atoms with Crippen LogP contribution in [0.25, 0.3) is 0 Å². The third-order valence-corrected chi connectivity index (χ3v) is 1.58. The first-order chi connectivity index (χ1) is 4.50. The Morgan fingerprint density at radius 3 is 2.50 bits per heavy atom. The molecule has 1 heterocycles. The third-order valence-electron chi connectivity index (χ3n) is 0.862. The molecule has 0 fully saturated rings. The molecular weight excluding hydrogens is 158 g/mol. The van der Waals surface area contributed by atoms with E-state index >= 15 is 0 Å². The van der Waals surface area contributed by atoms with Crippen molar-refractivity contribution in [2.75, 3.05) is 0 Å². The zero-order valence-electron chi connectivity index (χ0n) is 5.10. The fourth-order valence-corrected chi connectivity index (χ4v) is 0.876. The van der Waals surface area contributed by atoms with E-state index in [4.69, 9.17) is 4.55 Å². The summed E-state index contributed by atoms with van der Waals surface area (Å²) in [5.74, 6) is 0.202. The van der Waals surface area contributed by atoms with Crippen LogP contribution in [-0.4, -0.2) is 18.0 Å². The lowest BCUT2D eigenvalue weighted by atomic mass is 10.8. The van der Waals surface area contributed by atoms with E-state index in [1.807, 2.05) is 0 Å². The molecule has 0 unspecified atom stereocenters. The molecule has 56 valence electrons. The number of aryl methyl sites for hydroxylation is 1.